The summed E-state index contributed by atoms with van der Waals surface area (Å²) in [5.74, 6) is -0.708. The third-order valence-corrected chi connectivity index (χ3v) is 3.78. The van der Waals surface area contributed by atoms with E-state index in [4.69, 9.17) is 5.11 Å². The van der Waals surface area contributed by atoms with Crippen LogP contribution in [0.3, 0.4) is 0 Å². The number of halogens is 3. The van der Waals surface area contributed by atoms with Crippen LogP contribution in [-0.4, -0.2) is 17.3 Å². The van der Waals surface area contributed by atoms with Crippen LogP contribution < -0.4 is 0 Å². The summed E-state index contributed by atoms with van der Waals surface area (Å²) in [7, 11) is 0. The van der Waals surface area contributed by atoms with Gasteiger partial charge in [-0.3, -0.25) is 4.79 Å². The molecule has 0 spiro atoms. The zero-order valence-corrected chi connectivity index (χ0v) is 14.0. The summed E-state index contributed by atoms with van der Waals surface area (Å²) in [6.45, 7) is 0. The van der Waals surface area contributed by atoms with Crippen LogP contribution in [0.2, 0.25) is 0 Å². The molecule has 0 aliphatic heterocycles. The molecule has 0 amide bonds. The van der Waals surface area contributed by atoms with Gasteiger partial charge < -0.3 is 5.11 Å². The summed E-state index contributed by atoms with van der Waals surface area (Å²) in [5, 5.41) is 8.50. The number of unbranched alkanes of at least 4 members (excludes halogenated alkanes) is 11. The highest BCUT2D eigenvalue weighted by molar-refractivity contribution is 5.66. The van der Waals surface area contributed by atoms with Gasteiger partial charge in [-0.15, -0.1) is 0 Å². The molecule has 5 heteroatoms. The number of hydrogen-bond acceptors (Lipinski definition) is 1. The normalized spacial score (nSPS) is 12.1. The van der Waals surface area contributed by atoms with Crippen LogP contribution in [0.25, 0.3) is 0 Å². The van der Waals surface area contributed by atoms with Gasteiger partial charge in [-0.2, -0.15) is 13.2 Å². The largest absolute Gasteiger partial charge is 0.481 e. The molecule has 0 atom stereocenters. The molecule has 2 nitrogen and oxygen atoms in total. The second-order valence-electron chi connectivity index (χ2n) is 6.11. The summed E-state index contributed by atoms with van der Waals surface area (Å²) >= 11 is 0. The first-order valence-electron chi connectivity index (χ1n) is 8.85. The molecule has 0 saturated heterocycles. The fourth-order valence-electron chi connectivity index (χ4n) is 2.46. The number of alkyl halides is 3. The fourth-order valence-corrected chi connectivity index (χ4v) is 2.46. The zero-order chi connectivity index (χ0) is 17.4. The van der Waals surface area contributed by atoms with Gasteiger partial charge in [-0.05, 0) is 19.3 Å². The Morgan fingerprint density at radius 2 is 1.17 bits per heavy atom. The van der Waals surface area contributed by atoms with Crippen LogP contribution in [0.15, 0.2) is 12.2 Å². The Bertz CT molecular complexity index is 312. The van der Waals surface area contributed by atoms with Gasteiger partial charge >= 0.3 is 12.1 Å². The van der Waals surface area contributed by atoms with E-state index in [1.54, 1.807) is 6.08 Å². The molecule has 0 saturated carbocycles. The zero-order valence-electron chi connectivity index (χ0n) is 14.0. The maximum absolute atomic E-state index is 11.9. The number of carboxylic acids is 1. The van der Waals surface area contributed by atoms with Crippen molar-refractivity contribution in [2.24, 2.45) is 0 Å². The molecular weight excluding hydrogens is 305 g/mol. The first kappa shape index (κ1) is 22.0. The van der Waals surface area contributed by atoms with E-state index in [2.05, 4.69) is 0 Å². The van der Waals surface area contributed by atoms with Crippen LogP contribution in [0, 0.1) is 0 Å². The van der Waals surface area contributed by atoms with Gasteiger partial charge in [0.2, 0.25) is 0 Å². The molecule has 0 fully saturated rings. The number of aliphatic carboxylic acids is 1. The molecule has 0 radical (unpaired) electrons. The summed E-state index contributed by atoms with van der Waals surface area (Å²) < 4.78 is 35.6. The highest BCUT2D eigenvalue weighted by Gasteiger charge is 2.24. The Hall–Kier alpha value is -1.00. The fraction of sp³-hybridized carbons (Fsp3) is 0.833. The number of allylic oxidation sites excluding steroid dienone is 2. The van der Waals surface area contributed by atoms with Crippen molar-refractivity contribution in [1.29, 1.82) is 0 Å². The Morgan fingerprint density at radius 3 is 1.61 bits per heavy atom. The van der Waals surface area contributed by atoms with Gasteiger partial charge in [0.1, 0.15) is 0 Å². The SMILES string of the molecule is O=C(O)CCCCCCCCCCCCCC=CCC(F)(F)F. The Kier molecular flexibility index (Phi) is 13.9. The molecule has 0 aliphatic rings. The minimum atomic E-state index is -4.08. The summed E-state index contributed by atoms with van der Waals surface area (Å²) in [5.41, 5.74) is 0. The molecule has 1 N–H and O–H groups in total. The minimum absolute atomic E-state index is 0.283. The predicted octanol–water partition coefficient (Wildman–Crippen LogP) is 6.65. The van der Waals surface area contributed by atoms with Crippen LogP contribution in [0.5, 0.6) is 0 Å². The minimum Gasteiger partial charge on any atom is -0.481 e. The molecule has 136 valence electrons. The van der Waals surface area contributed by atoms with Crippen LogP contribution in [-0.2, 0) is 4.79 Å². The first-order valence-corrected chi connectivity index (χ1v) is 8.85. The van der Waals surface area contributed by atoms with E-state index in [0.29, 0.717) is 0 Å². The van der Waals surface area contributed by atoms with Crippen LogP contribution in [0.4, 0.5) is 13.2 Å². The molecule has 0 aromatic rings. The molecule has 0 bridgehead atoms. The van der Waals surface area contributed by atoms with E-state index in [1.165, 1.54) is 38.2 Å². The average Bonchev–Trinajstić information content (AvgIpc) is 2.45. The highest BCUT2D eigenvalue weighted by Crippen LogP contribution is 2.20. The Balaban J connectivity index is 3.12. The van der Waals surface area contributed by atoms with E-state index in [1.807, 2.05) is 0 Å². The Labute approximate surface area is 138 Å². The van der Waals surface area contributed by atoms with Crippen molar-refractivity contribution in [3.8, 4) is 0 Å². The third-order valence-electron chi connectivity index (χ3n) is 3.78. The summed E-state index contributed by atoms with van der Waals surface area (Å²) in [6, 6.07) is 0. The molecule has 0 aliphatic carbocycles. The van der Waals surface area contributed by atoms with Crippen molar-refractivity contribution in [3.63, 3.8) is 0 Å². The molecule has 0 aromatic carbocycles. The number of carbonyl (C=O) groups is 1. The van der Waals surface area contributed by atoms with Crippen molar-refractivity contribution in [3.05, 3.63) is 12.2 Å². The maximum Gasteiger partial charge on any atom is 0.392 e. The molecular formula is C18H31F3O2. The summed E-state index contributed by atoms with van der Waals surface area (Å²) in [4.78, 5) is 10.3. The van der Waals surface area contributed by atoms with Gasteiger partial charge in [0.25, 0.3) is 0 Å². The van der Waals surface area contributed by atoms with E-state index in [9.17, 15) is 18.0 Å². The van der Waals surface area contributed by atoms with Crippen molar-refractivity contribution in [2.75, 3.05) is 0 Å². The van der Waals surface area contributed by atoms with Gasteiger partial charge in [0.15, 0.2) is 0 Å². The van der Waals surface area contributed by atoms with Crippen molar-refractivity contribution in [2.45, 2.75) is 96.1 Å². The first-order chi connectivity index (χ1) is 10.9. The lowest BCUT2D eigenvalue weighted by Crippen LogP contribution is -2.03. The number of hydrogen-bond donors (Lipinski definition) is 1. The monoisotopic (exact) mass is 336 g/mol. The lowest BCUT2D eigenvalue weighted by atomic mass is 10.0. The van der Waals surface area contributed by atoms with Crippen molar-refractivity contribution >= 4 is 5.97 Å². The van der Waals surface area contributed by atoms with E-state index in [-0.39, 0.29) is 6.42 Å². The molecule has 0 heterocycles. The molecule has 0 unspecified atom stereocenters. The van der Waals surface area contributed by atoms with E-state index >= 15 is 0 Å². The standard InChI is InChI=1S/C18H31F3O2/c19-18(20,21)16-14-12-10-8-6-4-2-1-3-5-7-9-11-13-15-17(22)23/h12,14H,1-11,13,15-16H2,(H,22,23). The molecule has 0 aromatic heterocycles. The lowest BCUT2D eigenvalue weighted by Gasteiger charge is -2.02. The maximum atomic E-state index is 11.9. The van der Waals surface area contributed by atoms with Gasteiger partial charge in [0, 0.05) is 6.42 Å². The Morgan fingerprint density at radius 1 is 0.739 bits per heavy atom. The van der Waals surface area contributed by atoms with Crippen molar-refractivity contribution in [1.82, 2.24) is 0 Å². The highest BCUT2D eigenvalue weighted by atomic mass is 19.4. The van der Waals surface area contributed by atoms with Gasteiger partial charge in [-0.25, -0.2) is 0 Å². The van der Waals surface area contributed by atoms with Gasteiger partial charge in [0.05, 0.1) is 6.42 Å². The number of carboxylic acid groups (broad SMARTS) is 1. The molecule has 0 rings (SSSR count). The quantitative estimate of drug-likeness (QED) is 0.268. The lowest BCUT2D eigenvalue weighted by molar-refractivity contribution is -0.137. The average molecular weight is 336 g/mol. The van der Waals surface area contributed by atoms with Crippen LogP contribution in [0.1, 0.15) is 89.9 Å². The smallest absolute Gasteiger partial charge is 0.392 e. The van der Waals surface area contributed by atoms with E-state index in [0.717, 1.165) is 44.9 Å². The summed E-state index contributed by atoms with van der Waals surface area (Å²) in [6.07, 6.45) is 11.2. The van der Waals surface area contributed by atoms with E-state index < -0.39 is 18.6 Å². The molecule has 23 heavy (non-hydrogen) atoms. The van der Waals surface area contributed by atoms with Crippen LogP contribution >= 0.6 is 0 Å². The second-order valence-corrected chi connectivity index (χ2v) is 6.11. The predicted molar refractivity (Wildman–Crippen MR) is 87.5 cm³/mol. The third kappa shape index (κ3) is 21.0. The second kappa shape index (κ2) is 14.6. The number of rotatable bonds is 15. The topological polar surface area (TPSA) is 37.3 Å². The van der Waals surface area contributed by atoms with Gasteiger partial charge in [-0.1, -0.05) is 69.9 Å². The van der Waals surface area contributed by atoms with Crippen molar-refractivity contribution < 1.29 is 23.1 Å².